The second kappa shape index (κ2) is 8.74. The molecule has 1 N–H and O–H groups in total. The minimum atomic E-state index is -0.574. The van der Waals surface area contributed by atoms with Crippen molar-refractivity contribution < 1.29 is 23.8 Å². The molecule has 8 heteroatoms. The number of ether oxygens (including phenoxy) is 3. The highest BCUT2D eigenvalue weighted by Crippen LogP contribution is 2.29. The number of nitrogens with zero attached hydrogens (tertiary/aromatic N) is 1. The maximum absolute atomic E-state index is 13.1. The van der Waals surface area contributed by atoms with Crippen LogP contribution in [-0.4, -0.2) is 37.8 Å². The number of hydrogen-bond acceptors (Lipinski definition) is 6. The molecule has 0 spiro atoms. The molecule has 3 rings (SSSR count). The lowest BCUT2D eigenvalue weighted by Crippen LogP contribution is -2.54. The number of amides is 2. The minimum absolute atomic E-state index is 0.00694. The fourth-order valence-electron chi connectivity index (χ4n) is 2.86. The van der Waals surface area contributed by atoms with E-state index in [2.05, 4.69) is 5.32 Å². The van der Waals surface area contributed by atoms with Crippen molar-refractivity contribution in [1.82, 2.24) is 5.32 Å². The molecule has 0 atom stereocenters. The van der Waals surface area contributed by atoms with Crippen LogP contribution in [0, 0.1) is 0 Å². The van der Waals surface area contributed by atoms with Gasteiger partial charge in [0.25, 0.3) is 11.8 Å². The number of benzene rings is 2. The average Bonchev–Trinajstić information content (AvgIpc) is 2.71. The standard InChI is InChI=1S/C21H20N2O5S/c1-4-28-16-7-5-6-14(11-16)23-20(25)17(19(24)22-21(23)29)10-13-8-9-15(26-2)12-18(13)27-3/h5-12H,4H2,1-3H3,(H,22,24,29)/b17-10+. The van der Waals surface area contributed by atoms with Crippen molar-refractivity contribution in [2.75, 3.05) is 25.7 Å². The van der Waals surface area contributed by atoms with Crippen LogP contribution in [0.5, 0.6) is 17.2 Å². The van der Waals surface area contributed by atoms with Gasteiger partial charge >= 0.3 is 0 Å². The van der Waals surface area contributed by atoms with Crippen LogP contribution in [0.2, 0.25) is 0 Å². The third kappa shape index (κ3) is 4.22. The summed E-state index contributed by atoms with van der Waals surface area (Å²) in [6, 6.07) is 12.0. The largest absolute Gasteiger partial charge is 0.497 e. The van der Waals surface area contributed by atoms with Crippen molar-refractivity contribution in [3.8, 4) is 17.2 Å². The molecular formula is C21H20N2O5S. The summed E-state index contributed by atoms with van der Waals surface area (Å²) in [7, 11) is 3.04. The summed E-state index contributed by atoms with van der Waals surface area (Å²) in [6.07, 6.45) is 1.47. The first-order chi connectivity index (χ1) is 14.0. The van der Waals surface area contributed by atoms with Crippen LogP contribution in [-0.2, 0) is 9.59 Å². The normalized spacial score (nSPS) is 15.3. The summed E-state index contributed by atoms with van der Waals surface area (Å²) in [5.74, 6) is 0.551. The Balaban J connectivity index is 2.01. The minimum Gasteiger partial charge on any atom is -0.497 e. The van der Waals surface area contributed by atoms with Crippen molar-refractivity contribution in [3.63, 3.8) is 0 Å². The third-order valence-corrected chi connectivity index (χ3v) is 4.51. The van der Waals surface area contributed by atoms with Gasteiger partial charge in [0, 0.05) is 17.7 Å². The van der Waals surface area contributed by atoms with Gasteiger partial charge in [-0.05, 0) is 49.5 Å². The van der Waals surface area contributed by atoms with E-state index in [1.54, 1.807) is 49.6 Å². The molecule has 0 radical (unpaired) electrons. The molecule has 0 aromatic heterocycles. The molecule has 1 fully saturated rings. The van der Waals surface area contributed by atoms with E-state index < -0.39 is 11.8 Å². The highest BCUT2D eigenvalue weighted by atomic mass is 32.1. The van der Waals surface area contributed by atoms with Gasteiger partial charge in [-0.15, -0.1) is 0 Å². The van der Waals surface area contributed by atoms with Gasteiger partial charge in [-0.2, -0.15) is 0 Å². The van der Waals surface area contributed by atoms with Gasteiger partial charge in [-0.1, -0.05) is 6.07 Å². The van der Waals surface area contributed by atoms with E-state index in [1.165, 1.54) is 18.1 Å². The topological polar surface area (TPSA) is 77.1 Å². The van der Waals surface area contributed by atoms with Crippen molar-refractivity contribution in [2.45, 2.75) is 6.92 Å². The Morgan fingerprint density at radius 2 is 1.86 bits per heavy atom. The van der Waals surface area contributed by atoms with Crippen LogP contribution in [0.25, 0.3) is 6.08 Å². The van der Waals surface area contributed by atoms with Gasteiger partial charge in [0.1, 0.15) is 22.8 Å². The molecule has 29 heavy (non-hydrogen) atoms. The maximum Gasteiger partial charge on any atom is 0.270 e. The molecule has 2 amide bonds. The number of rotatable bonds is 6. The zero-order valence-electron chi connectivity index (χ0n) is 16.2. The van der Waals surface area contributed by atoms with E-state index >= 15 is 0 Å². The van der Waals surface area contributed by atoms with Gasteiger partial charge in [0.2, 0.25) is 0 Å². The molecule has 1 aliphatic rings. The van der Waals surface area contributed by atoms with Crippen LogP contribution in [0.4, 0.5) is 5.69 Å². The summed E-state index contributed by atoms with van der Waals surface area (Å²) < 4.78 is 16.0. The van der Waals surface area contributed by atoms with Gasteiger partial charge in [-0.3, -0.25) is 19.8 Å². The number of hydrogen-bond donors (Lipinski definition) is 1. The number of carbonyl (C=O) groups is 2. The second-order valence-electron chi connectivity index (χ2n) is 6.00. The molecule has 0 aliphatic carbocycles. The number of nitrogens with one attached hydrogen (secondary N) is 1. The van der Waals surface area contributed by atoms with Gasteiger partial charge < -0.3 is 14.2 Å². The maximum atomic E-state index is 13.1. The first-order valence-electron chi connectivity index (χ1n) is 8.84. The van der Waals surface area contributed by atoms with Gasteiger partial charge in [0.15, 0.2) is 5.11 Å². The molecule has 2 aromatic rings. The van der Waals surface area contributed by atoms with Crippen LogP contribution < -0.4 is 24.4 Å². The van der Waals surface area contributed by atoms with Crippen molar-refractivity contribution in [3.05, 3.63) is 53.6 Å². The molecule has 1 saturated heterocycles. The lowest BCUT2D eigenvalue weighted by molar-refractivity contribution is -0.122. The Morgan fingerprint density at radius 1 is 1.07 bits per heavy atom. The number of thiocarbonyl (C=S) groups is 1. The zero-order chi connectivity index (χ0) is 21.0. The van der Waals surface area contributed by atoms with Crippen LogP contribution in [0.15, 0.2) is 48.0 Å². The fourth-order valence-corrected chi connectivity index (χ4v) is 3.15. The molecule has 0 bridgehead atoms. The molecule has 1 heterocycles. The fraction of sp³-hybridized carbons (Fsp3) is 0.190. The van der Waals surface area contributed by atoms with E-state index in [-0.39, 0.29) is 10.7 Å². The van der Waals surface area contributed by atoms with Crippen LogP contribution >= 0.6 is 12.2 Å². The van der Waals surface area contributed by atoms with Crippen molar-refractivity contribution in [1.29, 1.82) is 0 Å². The highest BCUT2D eigenvalue weighted by Gasteiger charge is 2.34. The summed E-state index contributed by atoms with van der Waals surface area (Å²) in [4.78, 5) is 26.9. The van der Waals surface area contributed by atoms with E-state index in [1.807, 2.05) is 6.92 Å². The highest BCUT2D eigenvalue weighted by molar-refractivity contribution is 7.80. The molecule has 0 unspecified atom stereocenters. The monoisotopic (exact) mass is 412 g/mol. The molecule has 2 aromatic carbocycles. The molecular weight excluding hydrogens is 392 g/mol. The summed E-state index contributed by atoms with van der Waals surface area (Å²) in [5, 5.41) is 2.57. The summed E-state index contributed by atoms with van der Waals surface area (Å²) in [5.41, 5.74) is 0.991. The smallest absolute Gasteiger partial charge is 0.270 e. The van der Waals surface area contributed by atoms with Gasteiger partial charge in [0.05, 0.1) is 26.5 Å². The Kier molecular flexibility index (Phi) is 6.13. The molecule has 150 valence electrons. The average molecular weight is 412 g/mol. The van der Waals surface area contributed by atoms with E-state index in [0.29, 0.717) is 35.1 Å². The lowest BCUT2D eigenvalue weighted by Gasteiger charge is -2.29. The van der Waals surface area contributed by atoms with Crippen LogP contribution in [0.1, 0.15) is 12.5 Å². The SMILES string of the molecule is CCOc1cccc(N2C(=O)/C(=C/c3ccc(OC)cc3OC)C(=O)NC2=S)c1. The Labute approximate surface area is 173 Å². The number of carbonyl (C=O) groups excluding carboxylic acids is 2. The Bertz CT molecular complexity index is 1000. The molecule has 1 aliphatic heterocycles. The first-order valence-corrected chi connectivity index (χ1v) is 9.25. The Morgan fingerprint density at radius 3 is 2.55 bits per heavy atom. The summed E-state index contributed by atoms with van der Waals surface area (Å²) >= 11 is 5.23. The van der Waals surface area contributed by atoms with Crippen molar-refractivity contribution in [2.24, 2.45) is 0 Å². The van der Waals surface area contributed by atoms with Gasteiger partial charge in [-0.25, -0.2) is 0 Å². The van der Waals surface area contributed by atoms with E-state index in [4.69, 9.17) is 26.4 Å². The number of methoxy groups -OCH3 is 2. The zero-order valence-corrected chi connectivity index (χ0v) is 17.0. The molecule has 7 nitrogen and oxygen atoms in total. The van der Waals surface area contributed by atoms with E-state index in [9.17, 15) is 9.59 Å². The van der Waals surface area contributed by atoms with Crippen LogP contribution in [0.3, 0.4) is 0 Å². The van der Waals surface area contributed by atoms with E-state index in [0.717, 1.165) is 0 Å². The Hall–Kier alpha value is -3.39. The predicted molar refractivity (Wildman–Crippen MR) is 113 cm³/mol. The first kappa shape index (κ1) is 20.3. The molecule has 0 saturated carbocycles. The quantitative estimate of drug-likeness (QED) is 0.447. The van der Waals surface area contributed by atoms with Crippen molar-refractivity contribution >= 4 is 40.9 Å². The number of anilines is 1. The lowest BCUT2D eigenvalue weighted by atomic mass is 10.1. The summed E-state index contributed by atoms with van der Waals surface area (Å²) in [6.45, 7) is 2.35. The second-order valence-corrected chi connectivity index (χ2v) is 6.38. The third-order valence-electron chi connectivity index (χ3n) is 4.23. The predicted octanol–water partition coefficient (Wildman–Crippen LogP) is 2.93.